The average Bonchev–Trinajstić information content (AvgIpc) is 2.26. The molecule has 0 saturated carbocycles. The summed E-state index contributed by atoms with van der Waals surface area (Å²) < 4.78 is 8.69. The highest BCUT2D eigenvalue weighted by molar-refractivity contribution is 7.80. The van der Waals surface area contributed by atoms with Gasteiger partial charge in [0.05, 0.1) is 20.3 Å². The van der Waals surface area contributed by atoms with Gasteiger partial charge in [-0.15, -0.1) is 0 Å². The molecule has 0 aliphatic heterocycles. The van der Waals surface area contributed by atoms with Crippen molar-refractivity contribution in [3.63, 3.8) is 0 Å². The van der Waals surface area contributed by atoms with E-state index in [2.05, 4.69) is 14.8 Å². The monoisotopic (exact) mass is 230 g/mol. The van der Waals surface area contributed by atoms with Crippen LogP contribution in [0, 0.1) is 17.2 Å². The SMILES string of the molecule is COC(=O)CNC(=S)C(C#N)C(=O)OC. The van der Waals surface area contributed by atoms with Gasteiger partial charge in [0.15, 0.2) is 5.92 Å². The molecule has 0 fully saturated rings. The molecule has 0 radical (unpaired) electrons. The number of ether oxygens (including phenoxy) is 2. The minimum atomic E-state index is -1.20. The fourth-order valence-electron chi connectivity index (χ4n) is 0.670. The number of rotatable bonds is 4. The largest absolute Gasteiger partial charge is 0.468 e. The molecule has 6 nitrogen and oxygen atoms in total. The number of nitriles is 1. The van der Waals surface area contributed by atoms with E-state index in [4.69, 9.17) is 17.5 Å². The number of esters is 2. The van der Waals surface area contributed by atoms with Crippen LogP contribution in [0.2, 0.25) is 0 Å². The highest BCUT2D eigenvalue weighted by atomic mass is 32.1. The van der Waals surface area contributed by atoms with E-state index in [0.29, 0.717) is 0 Å². The van der Waals surface area contributed by atoms with Crippen LogP contribution in [-0.2, 0) is 19.1 Å². The number of thiocarbonyl (C=S) groups is 1. The second-order valence-corrected chi connectivity index (χ2v) is 2.82. The Hall–Kier alpha value is -1.68. The van der Waals surface area contributed by atoms with Crippen molar-refractivity contribution in [1.29, 1.82) is 5.26 Å². The maximum atomic E-state index is 11.0. The van der Waals surface area contributed by atoms with Gasteiger partial charge in [-0.1, -0.05) is 12.2 Å². The molecule has 0 aliphatic carbocycles. The van der Waals surface area contributed by atoms with E-state index in [9.17, 15) is 9.59 Å². The van der Waals surface area contributed by atoms with Crippen LogP contribution in [0.1, 0.15) is 0 Å². The lowest BCUT2D eigenvalue weighted by atomic mass is 10.2. The number of hydrogen-bond donors (Lipinski definition) is 1. The van der Waals surface area contributed by atoms with E-state index in [1.807, 2.05) is 0 Å². The van der Waals surface area contributed by atoms with Gasteiger partial charge in [0.25, 0.3) is 0 Å². The molecule has 0 saturated heterocycles. The Labute approximate surface area is 92.1 Å². The van der Waals surface area contributed by atoms with Gasteiger partial charge >= 0.3 is 11.9 Å². The molecule has 0 bridgehead atoms. The average molecular weight is 230 g/mol. The van der Waals surface area contributed by atoms with Crippen LogP contribution in [-0.4, -0.2) is 37.7 Å². The van der Waals surface area contributed by atoms with Gasteiger partial charge in [0, 0.05) is 0 Å². The molecule has 0 rings (SSSR count). The number of methoxy groups -OCH3 is 2. The molecule has 1 N–H and O–H groups in total. The molecule has 82 valence electrons. The molecule has 1 atom stereocenters. The van der Waals surface area contributed by atoms with Gasteiger partial charge in [-0.2, -0.15) is 5.26 Å². The predicted octanol–water partition coefficient (Wildman–Crippen LogP) is -0.611. The van der Waals surface area contributed by atoms with Crippen molar-refractivity contribution in [2.45, 2.75) is 0 Å². The van der Waals surface area contributed by atoms with E-state index in [-0.39, 0.29) is 11.5 Å². The number of nitrogens with one attached hydrogen (secondary N) is 1. The summed E-state index contributed by atoms with van der Waals surface area (Å²) in [6.07, 6.45) is 0. The third kappa shape index (κ3) is 4.37. The van der Waals surface area contributed by atoms with Crippen molar-refractivity contribution in [1.82, 2.24) is 5.32 Å². The van der Waals surface area contributed by atoms with Gasteiger partial charge in [0.2, 0.25) is 0 Å². The van der Waals surface area contributed by atoms with Gasteiger partial charge in [-0.3, -0.25) is 9.59 Å². The summed E-state index contributed by atoms with van der Waals surface area (Å²) in [4.78, 5) is 21.7. The summed E-state index contributed by atoms with van der Waals surface area (Å²) >= 11 is 4.74. The normalized spacial score (nSPS) is 10.7. The number of carbonyl (C=O) groups is 2. The lowest BCUT2D eigenvalue weighted by Crippen LogP contribution is -2.37. The Bertz CT molecular complexity index is 310. The lowest BCUT2D eigenvalue weighted by Gasteiger charge is -2.09. The Morgan fingerprint density at radius 1 is 1.47 bits per heavy atom. The first-order valence-corrected chi connectivity index (χ1v) is 4.29. The maximum Gasteiger partial charge on any atom is 0.330 e. The molecular weight excluding hydrogens is 220 g/mol. The highest BCUT2D eigenvalue weighted by Crippen LogP contribution is 1.99. The summed E-state index contributed by atoms with van der Waals surface area (Å²) in [6, 6.07) is 1.66. The Morgan fingerprint density at radius 3 is 2.47 bits per heavy atom. The summed E-state index contributed by atoms with van der Waals surface area (Å²) in [5.41, 5.74) is 0. The molecule has 0 aromatic carbocycles. The zero-order chi connectivity index (χ0) is 11.8. The minimum absolute atomic E-state index is 0.0604. The Balaban J connectivity index is 4.25. The first-order valence-electron chi connectivity index (χ1n) is 3.88. The maximum absolute atomic E-state index is 11.0. The third-order valence-corrected chi connectivity index (χ3v) is 1.84. The van der Waals surface area contributed by atoms with Crippen molar-refractivity contribution in [2.24, 2.45) is 5.92 Å². The zero-order valence-electron chi connectivity index (χ0n) is 8.27. The van der Waals surface area contributed by atoms with Crippen molar-refractivity contribution < 1.29 is 19.1 Å². The molecule has 0 spiro atoms. The van der Waals surface area contributed by atoms with Crippen molar-refractivity contribution in [2.75, 3.05) is 20.8 Å². The Morgan fingerprint density at radius 2 is 2.07 bits per heavy atom. The Kier molecular flexibility index (Phi) is 5.97. The minimum Gasteiger partial charge on any atom is -0.468 e. The van der Waals surface area contributed by atoms with E-state index in [0.717, 1.165) is 7.11 Å². The lowest BCUT2D eigenvalue weighted by molar-refractivity contribution is -0.142. The summed E-state index contributed by atoms with van der Waals surface area (Å²) in [5, 5.41) is 11.1. The number of carbonyl (C=O) groups excluding carboxylic acids is 2. The van der Waals surface area contributed by atoms with Gasteiger partial charge in [-0.05, 0) is 0 Å². The van der Waals surface area contributed by atoms with Crippen molar-refractivity contribution in [3.8, 4) is 6.07 Å². The van der Waals surface area contributed by atoms with E-state index < -0.39 is 17.9 Å². The van der Waals surface area contributed by atoms with Crippen molar-refractivity contribution >= 4 is 29.1 Å². The quantitative estimate of drug-likeness (QED) is 0.509. The van der Waals surface area contributed by atoms with Crippen LogP contribution >= 0.6 is 12.2 Å². The summed E-state index contributed by atoms with van der Waals surface area (Å²) in [6.45, 7) is -0.190. The topological polar surface area (TPSA) is 88.4 Å². The van der Waals surface area contributed by atoms with E-state index in [1.54, 1.807) is 6.07 Å². The van der Waals surface area contributed by atoms with Crippen LogP contribution < -0.4 is 5.32 Å². The molecule has 7 heteroatoms. The number of hydrogen-bond acceptors (Lipinski definition) is 6. The molecular formula is C8H10N2O4S. The van der Waals surface area contributed by atoms with Crippen LogP contribution in [0.25, 0.3) is 0 Å². The van der Waals surface area contributed by atoms with E-state index >= 15 is 0 Å². The first kappa shape index (κ1) is 13.3. The first-order chi connectivity index (χ1) is 7.06. The van der Waals surface area contributed by atoms with Crippen LogP contribution in [0.15, 0.2) is 0 Å². The third-order valence-electron chi connectivity index (χ3n) is 1.46. The molecule has 0 aromatic rings. The smallest absolute Gasteiger partial charge is 0.330 e. The molecule has 1 unspecified atom stereocenters. The van der Waals surface area contributed by atoms with Crippen LogP contribution in [0.3, 0.4) is 0 Å². The molecule has 0 heterocycles. The summed E-state index contributed by atoms with van der Waals surface area (Å²) in [7, 11) is 2.37. The van der Waals surface area contributed by atoms with E-state index in [1.165, 1.54) is 7.11 Å². The van der Waals surface area contributed by atoms with Crippen LogP contribution in [0.4, 0.5) is 0 Å². The summed E-state index contributed by atoms with van der Waals surface area (Å²) in [5.74, 6) is -2.51. The van der Waals surface area contributed by atoms with Gasteiger partial charge < -0.3 is 14.8 Å². The molecule has 15 heavy (non-hydrogen) atoms. The number of nitrogens with zero attached hydrogens (tertiary/aromatic N) is 1. The second kappa shape index (κ2) is 6.73. The van der Waals surface area contributed by atoms with Crippen molar-refractivity contribution in [3.05, 3.63) is 0 Å². The molecule has 0 aliphatic rings. The molecule has 0 amide bonds. The van der Waals surface area contributed by atoms with Gasteiger partial charge in [-0.25, -0.2) is 0 Å². The fraction of sp³-hybridized carbons (Fsp3) is 0.500. The molecule has 0 aromatic heterocycles. The zero-order valence-corrected chi connectivity index (χ0v) is 9.09. The fourth-order valence-corrected chi connectivity index (χ4v) is 0.891. The predicted molar refractivity (Wildman–Crippen MR) is 53.7 cm³/mol. The van der Waals surface area contributed by atoms with Gasteiger partial charge in [0.1, 0.15) is 11.5 Å². The second-order valence-electron chi connectivity index (χ2n) is 2.38. The highest BCUT2D eigenvalue weighted by Gasteiger charge is 2.23. The standard InChI is InChI=1S/C8H10N2O4S/c1-13-6(11)4-10-7(15)5(3-9)8(12)14-2/h5H,4H2,1-2H3,(H,10,15). The van der Waals surface area contributed by atoms with Crippen LogP contribution in [0.5, 0.6) is 0 Å².